The van der Waals surface area contributed by atoms with E-state index < -0.39 is 17.5 Å². The summed E-state index contributed by atoms with van der Waals surface area (Å²) in [5.41, 5.74) is -0.128. The fourth-order valence-electron chi connectivity index (χ4n) is 1.37. The SMILES string of the molecule is CC(C)(C)OC(=O)NCCc1cc(F)cc(C=O)n1. The number of halogens is 1. The number of ether oxygens (including phenoxy) is 1. The number of alkyl carbamates (subject to hydrolysis) is 1. The average Bonchev–Trinajstić information content (AvgIpc) is 2.25. The maximum Gasteiger partial charge on any atom is 0.407 e. The van der Waals surface area contributed by atoms with Crippen molar-refractivity contribution in [1.82, 2.24) is 10.3 Å². The van der Waals surface area contributed by atoms with E-state index in [0.717, 1.165) is 6.07 Å². The Balaban J connectivity index is 2.47. The highest BCUT2D eigenvalue weighted by Gasteiger charge is 2.15. The molecule has 1 rings (SSSR count). The molecule has 6 heteroatoms. The Morgan fingerprint density at radius 1 is 1.47 bits per heavy atom. The first kappa shape index (κ1) is 15.1. The fraction of sp³-hybridized carbons (Fsp3) is 0.462. The molecule has 1 aromatic rings. The van der Waals surface area contributed by atoms with Gasteiger partial charge in [-0.05, 0) is 26.8 Å². The summed E-state index contributed by atoms with van der Waals surface area (Å²) in [6, 6.07) is 2.28. The fourth-order valence-corrected chi connectivity index (χ4v) is 1.37. The van der Waals surface area contributed by atoms with Crippen LogP contribution in [0, 0.1) is 5.82 Å². The minimum absolute atomic E-state index is 0.0345. The van der Waals surface area contributed by atoms with Gasteiger partial charge in [-0.3, -0.25) is 4.79 Å². The lowest BCUT2D eigenvalue weighted by molar-refractivity contribution is 0.0528. The van der Waals surface area contributed by atoms with Crippen molar-refractivity contribution in [3.05, 3.63) is 29.3 Å². The second-order valence-corrected chi connectivity index (χ2v) is 5.00. The van der Waals surface area contributed by atoms with Gasteiger partial charge in [0.25, 0.3) is 0 Å². The predicted octanol–water partition coefficient (Wildman–Crippen LogP) is 2.10. The molecule has 104 valence electrons. The molecule has 0 saturated carbocycles. The molecule has 0 fully saturated rings. The van der Waals surface area contributed by atoms with Crippen LogP contribution in [0.5, 0.6) is 0 Å². The Morgan fingerprint density at radius 2 is 2.16 bits per heavy atom. The van der Waals surface area contributed by atoms with Crippen molar-refractivity contribution in [2.24, 2.45) is 0 Å². The van der Waals surface area contributed by atoms with E-state index in [2.05, 4.69) is 10.3 Å². The third-order valence-electron chi connectivity index (χ3n) is 2.03. The van der Waals surface area contributed by atoms with E-state index in [1.807, 2.05) is 0 Å². The van der Waals surface area contributed by atoms with Crippen molar-refractivity contribution >= 4 is 12.4 Å². The largest absolute Gasteiger partial charge is 0.444 e. The molecule has 0 radical (unpaired) electrons. The summed E-state index contributed by atoms with van der Waals surface area (Å²) in [6.45, 7) is 5.54. The lowest BCUT2D eigenvalue weighted by Crippen LogP contribution is -2.33. The zero-order valence-corrected chi connectivity index (χ0v) is 11.2. The predicted molar refractivity (Wildman–Crippen MR) is 67.5 cm³/mol. The van der Waals surface area contributed by atoms with E-state index in [4.69, 9.17) is 4.74 Å². The van der Waals surface area contributed by atoms with Gasteiger partial charge in [-0.15, -0.1) is 0 Å². The minimum atomic E-state index is -0.564. The summed E-state index contributed by atoms with van der Waals surface area (Å²) in [5, 5.41) is 2.53. The van der Waals surface area contributed by atoms with E-state index in [1.54, 1.807) is 20.8 Å². The standard InChI is InChI=1S/C13H17FN2O3/c1-13(2,3)19-12(18)15-5-4-10-6-9(14)7-11(8-17)16-10/h6-8H,4-5H2,1-3H3,(H,15,18). The molecule has 5 nitrogen and oxygen atoms in total. The van der Waals surface area contributed by atoms with Crippen LogP contribution in [0.15, 0.2) is 12.1 Å². The molecule has 0 aliphatic heterocycles. The molecule has 0 aromatic carbocycles. The van der Waals surface area contributed by atoms with Crippen molar-refractivity contribution in [3.8, 4) is 0 Å². The molecule has 0 aliphatic carbocycles. The van der Waals surface area contributed by atoms with Gasteiger partial charge < -0.3 is 10.1 Å². The highest BCUT2D eigenvalue weighted by atomic mass is 19.1. The molecular formula is C13H17FN2O3. The second-order valence-electron chi connectivity index (χ2n) is 5.00. The highest BCUT2D eigenvalue weighted by Crippen LogP contribution is 2.07. The van der Waals surface area contributed by atoms with Crippen LogP contribution in [-0.4, -0.2) is 29.5 Å². The Kier molecular flexibility index (Phi) is 4.97. The van der Waals surface area contributed by atoms with Crippen LogP contribution in [0.25, 0.3) is 0 Å². The topological polar surface area (TPSA) is 68.3 Å². The first-order valence-corrected chi connectivity index (χ1v) is 5.88. The summed E-state index contributed by atoms with van der Waals surface area (Å²) in [5.74, 6) is -0.524. The number of carbonyl (C=O) groups excluding carboxylic acids is 2. The van der Waals surface area contributed by atoms with Crippen LogP contribution in [0.4, 0.5) is 9.18 Å². The average molecular weight is 268 g/mol. The second kappa shape index (κ2) is 6.26. The van der Waals surface area contributed by atoms with Crippen molar-refractivity contribution in [3.63, 3.8) is 0 Å². The molecule has 1 heterocycles. The van der Waals surface area contributed by atoms with E-state index >= 15 is 0 Å². The zero-order valence-electron chi connectivity index (χ0n) is 11.2. The molecule has 1 N–H and O–H groups in total. The van der Waals surface area contributed by atoms with Crippen LogP contribution in [0.1, 0.15) is 37.0 Å². The minimum Gasteiger partial charge on any atom is -0.444 e. The number of aldehydes is 1. The first-order valence-electron chi connectivity index (χ1n) is 5.88. The molecule has 0 spiro atoms. The van der Waals surface area contributed by atoms with Crippen LogP contribution >= 0.6 is 0 Å². The van der Waals surface area contributed by atoms with Crippen molar-refractivity contribution in [2.75, 3.05) is 6.54 Å². The van der Waals surface area contributed by atoms with Gasteiger partial charge in [0.1, 0.15) is 17.1 Å². The van der Waals surface area contributed by atoms with Gasteiger partial charge in [-0.25, -0.2) is 14.2 Å². The lowest BCUT2D eigenvalue weighted by atomic mass is 10.2. The number of pyridine rings is 1. The summed E-state index contributed by atoms with van der Waals surface area (Å²) < 4.78 is 18.2. The third-order valence-corrected chi connectivity index (χ3v) is 2.03. The Hall–Kier alpha value is -1.98. The van der Waals surface area contributed by atoms with Gasteiger partial charge in [-0.1, -0.05) is 0 Å². The molecule has 0 saturated heterocycles. The van der Waals surface area contributed by atoms with E-state index in [0.29, 0.717) is 18.4 Å². The number of rotatable bonds is 4. The third kappa shape index (κ3) is 5.94. The van der Waals surface area contributed by atoms with Crippen molar-refractivity contribution < 1.29 is 18.7 Å². The van der Waals surface area contributed by atoms with Crippen molar-refractivity contribution in [1.29, 1.82) is 0 Å². The Bertz CT molecular complexity index is 469. The quantitative estimate of drug-likeness (QED) is 0.849. The first-order chi connectivity index (χ1) is 8.80. The van der Waals surface area contributed by atoms with Gasteiger partial charge in [0.2, 0.25) is 0 Å². The zero-order chi connectivity index (χ0) is 14.5. The van der Waals surface area contributed by atoms with Crippen molar-refractivity contribution in [2.45, 2.75) is 32.8 Å². The van der Waals surface area contributed by atoms with E-state index in [1.165, 1.54) is 6.07 Å². The summed E-state index contributed by atoms with van der Waals surface area (Å²) >= 11 is 0. The molecular weight excluding hydrogens is 251 g/mol. The Morgan fingerprint density at radius 3 is 2.74 bits per heavy atom. The van der Waals surface area contributed by atoms with E-state index in [-0.39, 0.29) is 12.2 Å². The van der Waals surface area contributed by atoms with Crippen LogP contribution in [0.3, 0.4) is 0 Å². The summed E-state index contributed by atoms with van der Waals surface area (Å²) in [6.07, 6.45) is 0.255. The number of nitrogens with zero attached hydrogens (tertiary/aromatic N) is 1. The normalized spacial score (nSPS) is 10.9. The maximum atomic E-state index is 13.1. The molecule has 1 amide bonds. The lowest BCUT2D eigenvalue weighted by Gasteiger charge is -2.19. The number of hydrogen-bond acceptors (Lipinski definition) is 4. The van der Waals surface area contributed by atoms with Gasteiger partial charge in [-0.2, -0.15) is 0 Å². The summed E-state index contributed by atoms with van der Waals surface area (Å²) in [7, 11) is 0. The molecule has 0 bridgehead atoms. The number of nitrogens with one attached hydrogen (secondary N) is 1. The smallest absolute Gasteiger partial charge is 0.407 e. The van der Waals surface area contributed by atoms with Crippen LogP contribution in [0.2, 0.25) is 0 Å². The number of carbonyl (C=O) groups is 2. The molecule has 1 aromatic heterocycles. The highest BCUT2D eigenvalue weighted by molar-refractivity contribution is 5.71. The maximum absolute atomic E-state index is 13.1. The van der Waals surface area contributed by atoms with Gasteiger partial charge >= 0.3 is 6.09 Å². The number of aromatic nitrogens is 1. The Labute approximate surface area is 111 Å². The van der Waals surface area contributed by atoms with Gasteiger partial charge in [0, 0.05) is 24.7 Å². The van der Waals surface area contributed by atoms with Crippen LogP contribution in [-0.2, 0) is 11.2 Å². The molecule has 0 atom stereocenters. The van der Waals surface area contributed by atoms with Gasteiger partial charge in [0.15, 0.2) is 6.29 Å². The molecule has 0 aliphatic rings. The summed E-state index contributed by atoms with van der Waals surface area (Å²) in [4.78, 5) is 25.8. The monoisotopic (exact) mass is 268 g/mol. The molecule has 0 unspecified atom stereocenters. The van der Waals surface area contributed by atoms with Gasteiger partial charge in [0.05, 0.1) is 0 Å². The number of hydrogen-bond donors (Lipinski definition) is 1. The molecule has 19 heavy (non-hydrogen) atoms. The number of amides is 1. The van der Waals surface area contributed by atoms with Crippen LogP contribution < -0.4 is 5.32 Å². The van der Waals surface area contributed by atoms with E-state index in [9.17, 15) is 14.0 Å².